The lowest BCUT2D eigenvalue weighted by atomic mass is 10.1. The highest BCUT2D eigenvalue weighted by molar-refractivity contribution is 7.98. The van der Waals surface area contributed by atoms with Gasteiger partial charge in [0.1, 0.15) is 0 Å². The Morgan fingerprint density at radius 3 is 2.62 bits per heavy atom. The lowest BCUT2D eigenvalue weighted by molar-refractivity contribution is 0.960. The molecule has 4 rings (SSSR count). The molecule has 5 nitrogen and oxygen atoms in total. The van der Waals surface area contributed by atoms with Crippen molar-refractivity contribution in [1.82, 2.24) is 19.5 Å². The minimum Gasteiger partial charge on any atom is -0.361 e. The SMILES string of the molecule is [C-]#[N+]c1ccc2c(-c3nc(SC)ncc3C)cn(-c3ccccc3)c2n1. The highest BCUT2D eigenvalue weighted by Gasteiger charge is 2.18. The number of fused-ring (bicyclic) bond motifs is 1. The Morgan fingerprint density at radius 1 is 1.08 bits per heavy atom. The standard InChI is InChI=1S/C20H15N5S/c1-13-11-22-20(26-3)24-18(13)16-12-25(14-7-5-4-6-8-14)19-15(16)9-10-17(21-2)23-19/h4-12H,1,3H3. The van der Waals surface area contributed by atoms with Gasteiger partial charge >= 0.3 is 0 Å². The monoisotopic (exact) mass is 357 g/mol. The molecule has 6 heteroatoms. The molecule has 0 aliphatic heterocycles. The quantitative estimate of drug-likeness (QED) is 0.292. The summed E-state index contributed by atoms with van der Waals surface area (Å²) in [5, 5.41) is 1.70. The molecule has 0 saturated heterocycles. The average molecular weight is 357 g/mol. The Hall–Kier alpha value is -3.17. The predicted molar refractivity (Wildman–Crippen MR) is 105 cm³/mol. The molecule has 0 fully saturated rings. The molecule has 3 aromatic heterocycles. The first-order chi connectivity index (χ1) is 12.7. The number of thioether (sulfide) groups is 1. The van der Waals surface area contributed by atoms with Crippen LogP contribution in [0.4, 0.5) is 5.82 Å². The molecule has 126 valence electrons. The van der Waals surface area contributed by atoms with E-state index in [2.05, 4.69) is 14.8 Å². The van der Waals surface area contributed by atoms with Gasteiger partial charge in [0.15, 0.2) is 5.16 Å². The van der Waals surface area contributed by atoms with Crippen molar-refractivity contribution in [2.75, 3.05) is 6.26 Å². The first kappa shape index (κ1) is 16.3. The van der Waals surface area contributed by atoms with Gasteiger partial charge < -0.3 is 4.85 Å². The molecule has 0 unspecified atom stereocenters. The minimum absolute atomic E-state index is 0.378. The number of hydrogen-bond donors (Lipinski definition) is 0. The zero-order chi connectivity index (χ0) is 18.1. The summed E-state index contributed by atoms with van der Waals surface area (Å²) < 4.78 is 2.01. The fourth-order valence-corrected chi connectivity index (χ4v) is 3.27. The van der Waals surface area contributed by atoms with E-state index in [0.29, 0.717) is 5.82 Å². The normalized spacial score (nSPS) is 10.8. The van der Waals surface area contributed by atoms with E-state index < -0.39 is 0 Å². The van der Waals surface area contributed by atoms with Crippen molar-refractivity contribution in [3.8, 4) is 16.9 Å². The van der Waals surface area contributed by atoms with E-state index in [9.17, 15) is 0 Å². The van der Waals surface area contributed by atoms with E-state index in [0.717, 1.165) is 38.7 Å². The predicted octanol–water partition coefficient (Wildman–Crippen LogP) is 5.06. The second-order valence-electron chi connectivity index (χ2n) is 5.79. The van der Waals surface area contributed by atoms with Crippen LogP contribution in [0.15, 0.2) is 60.0 Å². The second-order valence-corrected chi connectivity index (χ2v) is 6.56. The van der Waals surface area contributed by atoms with Gasteiger partial charge in [0.05, 0.1) is 11.1 Å². The van der Waals surface area contributed by atoms with Crippen LogP contribution in [0.5, 0.6) is 0 Å². The van der Waals surface area contributed by atoms with Crippen molar-refractivity contribution in [3.63, 3.8) is 0 Å². The van der Waals surface area contributed by atoms with E-state index in [-0.39, 0.29) is 0 Å². The number of pyridine rings is 1. The van der Waals surface area contributed by atoms with Gasteiger partial charge in [-0.05, 0) is 36.9 Å². The highest BCUT2D eigenvalue weighted by Crippen LogP contribution is 2.34. The fraction of sp³-hybridized carbons (Fsp3) is 0.100. The van der Waals surface area contributed by atoms with Crippen LogP contribution in [-0.2, 0) is 0 Å². The molecule has 0 saturated carbocycles. The van der Waals surface area contributed by atoms with Crippen LogP contribution in [0.1, 0.15) is 5.56 Å². The van der Waals surface area contributed by atoms with Gasteiger partial charge in [-0.15, -0.1) is 4.98 Å². The number of hydrogen-bond acceptors (Lipinski definition) is 4. The molecular weight excluding hydrogens is 342 g/mol. The summed E-state index contributed by atoms with van der Waals surface area (Å²) in [6, 6.07) is 13.7. The number of para-hydroxylation sites is 1. The van der Waals surface area contributed by atoms with E-state index in [1.54, 1.807) is 6.07 Å². The number of aromatic nitrogens is 4. The fourth-order valence-electron chi connectivity index (χ4n) is 2.93. The van der Waals surface area contributed by atoms with E-state index in [4.69, 9.17) is 11.6 Å². The van der Waals surface area contributed by atoms with Gasteiger partial charge in [0, 0.05) is 23.6 Å². The molecule has 0 spiro atoms. The van der Waals surface area contributed by atoms with Crippen LogP contribution in [0.25, 0.3) is 32.8 Å². The number of benzene rings is 1. The molecule has 0 aliphatic rings. The van der Waals surface area contributed by atoms with Gasteiger partial charge in [0.25, 0.3) is 5.82 Å². The molecule has 0 aliphatic carbocycles. The number of aryl methyl sites for hydroxylation is 1. The molecule has 4 aromatic rings. The van der Waals surface area contributed by atoms with Gasteiger partial charge in [-0.25, -0.2) is 9.97 Å². The third-order valence-electron chi connectivity index (χ3n) is 4.17. The van der Waals surface area contributed by atoms with Crippen LogP contribution >= 0.6 is 11.8 Å². The summed E-state index contributed by atoms with van der Waals surface area (Å²) in [6.07, 6.45) is 5.85. The van der Waals surface area contributed by atoms with Crippen LogP contribution in [-0.4, -0.2) is 25.8 Å². The van der Waals surface area contributed by atoms with Crippen LogP contribution in [0.3, 0.4) is 0 Å². The lowest BCUT2D eigenvalue weighted by Gasteiger charge is -2.04. The molecule has 0 amide bonds. The average Bonchev–Trinajstić information content (AvgIpc) is 3.07. The Labute approximate surface area is 155 Å². The molecule has 0 N–H and O–H groups in total. The minimum atomic E-state index is 0.378. The number of nitrogens with zero attached hydrogens (tertiary/aromatic N) is 5. The van der Waals surface area contributed by atoms with Crippen molar-refractivity contribution in [2.24, 2.45) is 0 Å². The maximum absolute atomic E-state index is 7.28. The maximum Gasteiger partial charge on any atom is 0.271 e. The highest BCUT2D eigenvalue weighted by atomic mass is 32.2. The molecule has 1 aromatic carbocycles. The van der Waals surface area contributed by atoms with Crippen molar-refractivity contribution in [3.05, 3.63) is 71.8 Å². The Morgan fingerprint density at radius 2 is 1.88 bits per heavy atom. The van der Waals surface area contributed by atoms with Gasteiger partial charge in [-0.2, -0.15) is 0 Å². The molecule has 0 bridgehead atoms. The molecular formula is C20H15N5S. The maximum atomic E-state index is 7.28. The van der Waals surface area contributed by atoms with E-state index in [1.165, 1.54) is 11.8 Å². The smallest absolute Gasteiger partial charge is 0.271 e. The second kappa shape index (κ2) is 6.62. The summed E-state index contributed by atoms with van der Waals surface area (Å²) in [7, 11) is 0. The molecule has 3 heterocycles. The van der Waals surface area contributed by atoms with Crippen molar-refractivity contribution in [2.45, 2.75) is 12.1 Å². The first-order valence-electron chi connectivity index (χ1n) is 8.04. The zero-order valence-electron chi connectivity index (χ0n) is 14.3. The van der Waals surface area contributed by atoms with E-state index in [1.807, 2.05) is 66.5 Å². The Balaban J connectivity index is 2.04. The van der Waals surface area contributed by atoms with Gasteiger partial charge in [0.2, 0.25) is 5.65 Å². The summed E-state index contributed by atoms with van der Waals surface area (Å²) in [6.45, 7) is 9.29. The number of rotatable bonds is 3. The largest absolute Gasteiger partial charge is 0.361 e. The van der Waals surface area contributed by atoms with Crippen molar-refractivity contribution < 1.29 is 0 Å². The zero-order valence-corrected chi connectivity index (χ0v) is 15.2. The summed E-state index contributed by atoms with van der Waals surface area (Å²) in [4.78, 5) is 17.1. The van der Waals surface area contributed by atoms with Crippen LogP contribution in [0.2, 0.25) is 0 Å². The molecule has 0 radical (unpaired) electrons. The molecule has 26 heavy (non-hydrogen) atoms. The third kappa shape index (κ3) is 2.72. The van der Waals surface area contributed by atoms with Crippen molar-refractivity contribution >= 4 is 28.6 Å². The Kier molecular flexibility index (Phi) is 4.15. The summed E-state index contributed by atoms with van der Waals surface area (Å²) >= 11 is 1.52. The topological polar surface area (TPSA) is 48.0 Å². The summed E-state index contributed by atoms with van der Waals surface area (Å²) in [5.41, 5.74) is 4.63. The first-order valence-corrected chi connectivity index (χ1v) is 9.26. The summed E-state index contributed by atoms with van der Waals surface area (Å²) in [5.74, 6) is 0.378. The lowest BCUT2D eigenvalue weighted by Crippen LogP contribution is -1.93. The van der Waals surface area contributed by atoms with E-state index >= 15 is 0 Å². The Bertz CT molecular complexity index is 1140. The van der Waals surface area contributed by atoms with Gasteiger partial charge in [-0.3, -0.25) is 4.57 Å². The van der Waals surface area contributed by atoms with Gasteiger partial charge in [-0.1, -0.05) is 42.6 Å². The van der Waals surface area contributed by atoms with Crippen molar-refractivity contribution in [1.29, 1.82) is 0 Å². The van der Waals surface area contributed by atoms with Crippen LogP contribution in [0, 0.1) is 13.5 Å². The van der Waals surface area contributed by atoms with Crippen LogP contribution < -0.4 is 0 Å². The third-order valence-corrected chi connectivity index (χ3v) is 4.74. The molecule has 0 atom stereocenters.